The Labute approximate surface area is 67.3 Å². The Morgan fingerprint density at radius 3 is 2.00 bits per heavy atom. The van der Waals surface area contributed by atoms with Gasteiger partial charge in [0.05, 0.1) is 6.61 Å². The predicted octanol–water partition coefficient (Wildman–Crippen LogP) is -1.88. The van der Waals surface area contributed by atoms with Crippen LogP contribution in [0.15, 0.2) is 0 Å². The molecule has 0 amide bonds. The van der Waals surface area contributed by atoms with E-state index in [0.717, 1.165) is 0 Å². The second kappa shape index (κ2) is 6.64. The number of aliphatic hydroxyl groups excluding tert-OH is 4. The number of hydrogen-bond acceptors (Lipinski definition) is 5. The second-order valence-corrected chi connectivity index (χ2v) is 1.87. The molecule has 5 nitrogen and oxygen atoms in total. The van der Waals surface area contributed by atoms with Gasteiger partial charge < -0.3 is 25.2 Å². The van der Waals surface area contributed by atoms with Crippen molar-refractivity contribution in [3.8, 4) is 0 Å². The van der Waals surface area contributed by atoms with Gasteiger partial charge in [0.2, 0.25) is 0 Å². The average molecular weight is 181 g/mol. The highest BCUT2D eigenvalue weighted by Crippen LogP contribution is 1.96. The minimum atomic E-state index is -1.64. The lowest BCUT2D eigenvalue weighted by Gasteiger charge is -2.16. The monoisotopic (exact) mass is 181 g/mol. The number of aldehydes is 1. The average Bonchev–Trinajstić information content (AvgIpc) is 2.00. The first kappa shape index (κ1) is 13.5. The Hall–Kier alpha value is -0.0600. The van der Waals surface area contributed by atoms with Crippen molar-refractivity contribution in [2.24, 2.45) is 0 Å². The van der Waals surface area contributed by atoms with Gasteiger partial charge in [0.1, 0.15) is 18.3 Å². The molecule has 0 saturated heterocycles. The van der Waals surface area contributed by atoms with E-state index < -0.39 is 24.9 Å². The zero-order chi connectivity index (χ0) is 8.15. The second-order valence-electron chi connectivity index (χ2n) is 1.87. The molecular formula is C5H10O5P. The minimum absolute atomic E-state index is 0. The quantitative estimate of drug-likeness (QED) is 0.300. The van der Waals surface area contributed by atoms with Gasteiger partial charge in [-0.25, -0.2) is 0 Å². The number of carbonyl (C=O) groups excluding carboxylic acids is 1. The SMILES string of the molecule is O=C[C@@H](O)[C@H](O)[C@H](O)CO.[P]. The van der Waals surface area contributed by atoms with E-state index in [0.29, 0.717) is 0 Å². The van der Waals surface area contributed by atoms with Gasteiger partial charge in [-0.2, -0.15) is 0 Å². The van der Waals surface area contributed by atoms with Crippen LogP contribution in [0.2, 0.25) is 0 Å². The summed E-state index contributed by atoms with van der Waals surface area (Å²) in [6, 6.07) is 0. The van der Waals surface area contributed by atoms with E-state index >= 15 is 0 Å². The van der Waals surface area contributed by atoms with Crippen molar-refractivity contribution >= 4 is 16.2 Å². The fourth-order valence-electron chi connectivity index (χ4n) is 0.416. The molecule has 0 saturated carbocycles. The predicted molar refractivity (Wildman–Crippen MR) is 38.1 cm³/mol. The molecule has 65 valence electrons. The summed E-state index contributed by atoms with van der Waals surface area (Å²) in [6.07, 6.45) is -4.63. The minimum Gasteiger partial charge on any atom is -0.394 e. The Balaban J connectivity index is 0. The van der Waals surface area contributed by atoms with Crippen molar-refractivity contribution in [2.75, 3.05) is 6.61 Å². The fraction of sp³-hybridized carbons (Fsp3) is 0.800. The lowest BCUT2D eigenvalue weighted by Crippen LogP contribution is -2.40. The van der Waals surface area contributed by atoms with Crippen LogP contribution in [0.4, 0.5) is 0 Å². The van der Waals surface area contributed by atoms with Crippen LogP contribution in [0.1, 0.15) is 0 Å². The normalized spacial score (nSPS) is 17.8. The summed E-state index contributed by atoms with van der Waals surface area (Å²) in [6.45, 7) is -0.688. The van der Waals surface area contributed by atoms with Gasteiger partial charge in [0, 0.05) is 9.90 Å². The molecule has 6 heteroatoms. The summed E-state index contributed by atoms with van der Waals surface area (Å²) < 4.78 is 0. The highest BCUT2D eigenvalue weighted by Gasteiger charge is 2.22. The van der Waals surface area contributed by atoms with Gasteiger partial charge in [0.15, 0.2) is 6.29 Å². The zero-order valence-corrected chi connectivity index (χ0v) is 6.56. The molecule has 0 heterocycles. The third-order valence-electron chi connectivity index (χ3n) is 1.07. The van der Waals surface area contributed by atoms with E-state index in [-0.39, 0.29) is 16.2 Å². The molecule has 3 radical (unpaired) electrons. The first-order chi connectivity index (χ1) is 4.63. The first-order valence-electron chi connectivity index (χ1n) is 2.73. The van der Waals surface area contributed by atoms with Crippen LogP contribution in [0, 0.1) is 0 Å². The molecule has 0 unspecified atom stereocenters. The van der Waals surface area contributed by atoms with Gasteiger partial charge in [-0.15, -0.1) is 0 Å². The van der Waals surface area contributed by atoms with Gasteiger partial charge in [-0.3, -0.25) is 0 Å². The van der Waals surface area contributed by atoms with Gasteiger partial charge >= 0.3 is 0 Å². The Kier molecular flexibility index (Phi) is 8.16. The summed E-state index contributed by atoms with van der Waals surface area (Å²) in [7, 11) is 0. The van der Waals surface area contributed by atoms with Crippen molar-refractivity contribution in [3.05, 3.63) is 0 Å². The van der Waals surface area contributed by atoms with E-state index in [1.54, 1.807) is 0 Å². The van der Waals surface area contributed by atoms with E-state index in [9.17, 15) is 4.79 Å². The summed E-state index contributed by atoms with van der Waals surface area (Å²) in [5, 5.41) is 34.1. The van der Waals surface area contributed by atoms with E-state index in [4.69, 9.17) is 20.4 Å². The molecule has 0 aliphatic rings. The number of aliphatic hydroxyl groups is 4. The lowest BCUT2D eigenvalue weighted by molar-refractivity contribution is -0.127. The molecule has 0 bridgehead atoms. The standard InChI is InChI=1S/C5H10O5.P/c6-1-3(8)5(10)4(9)2-7;/h1,3-5,7-10H,2H2;/t3-,4-,5+;/m1./s1. The van der Waals surface area contributed by atoms with Crippen molar-refractivity contribution in [2.45, 2.75) is 18.3 Å². The Morgan fingerprint density at radius 1 is 1.27 bits per heavy atom. The van der Waals surface area contributed by atoms with Gasteiger partial charge in [0.25, 0.3) is 0 Å². The summed E-state index contributed by atoms with van der Waals surface area (Å²) in [5.41, 5.74) is 0. The first-order valence-corrected chi connectivity index (χ1v) is 2.73. The maximum absolute atomic E-state index is 9.76. The Morgan fingerprint density at radius 2 is 1.73 bits per heavy atom. The third kappa shape index (κ3) is 4.40. The maximum Gasteiger partial charge on any atom is 0.151 e. The molecular weight excluding hydrogens is 171 g/mol. The van der Waals surface area contributed by atoms with Crippen LogP contribution in [0.3, 0.4) is 0 Å². The molecule has 0 rings (SSSR count). The molecule has 0 fully saturated rings. The topological polar surface area (TPSA) is 98.0 Å². The van der Waals surface area contributed by atoms with Crippen LogP contribution < -0.4 is 0 Å². The van der Waals surface area contributed by atoms with Gasteiger partial charge in [-0.05, 0) is 0 Å². The molecule has 0 spiro atoms. The number of carbonyl (C=O) groups is 1. The van der Waals surface area contributed by atoms with Crippen molar-refractivity contribution < 1.29 is 25.2 Å². The van der Waals surface area contributed by atoms with Crippen molar-refractivity contribution in [1.82, 2.24) is 0 Å². The van der Waals surface area contributed by atoms with Crippen molar-refractivity contribution in [3.63, 3.8) is 0 Å². The highest BCUT2D eigenvalue weighted by molar-refractivity contribution is 6.92. The van der Waals surface area contributed by atoms with E-state index in [1.807, 2.05) is 0 Å². The van der Waals surface area contributed by atoms with E-state index in [1.165, 1.54) is 0 Å². The zero-order valence-electron chi connectivity index (χ0n) is 5.66. The molecule has 3 atom stereocenters. The molecule has 0 aliphatic carbocycles. The molecule has 0 aromatic carbocycles. The Bertz CT molecular complexity index is 109. The van der Waals surface area contributed by atoms with Crippen LogP contribution >= 0.6 is 9.90 Å². The van der Waals surface area contributed by atoms with Gasteiger partial charge in [-0.1, -0.05) is 0 Å². The highest BCUT2D eigenvalue weighted by atomic mass is 31.0. The van der Waals surface area contributed by atoms with Crippen LogP contribution in [-0.2, 0) is 4.79 Å². The number of hydrogen-bond donors (Lipinski definition) is 4. The molecule has 0 aromatic heterocycles. The van der Waals surface area contributed by atoms with Crippen LogP contribution in [0.25, 0.3) is 0 Å². The van der Waals surface area contributed by atoms with Crippen LogP contribution in [-0.4, -0.2) is 51.6 Å². The summed E-state index contributed by atoms with van der Waals surface area (Å²) >= 11 is 0. The smallest absolute Gasteiger partial charge is 0.151 e. The maximum atomic E-state index is 9.76. The lowest BCUT2D eigenvalue weighted by atomic mass is 10.1. The molecule has 0 aromatic rings. The van der Waals surface area contributed by atoms with Crippen LogP contribution in [0.5, 0.6) is 0 Å². The number of rotatable bonds is 4. The molecule has 11 heavy (non-hydrogen) atoms. The third-order valence-corrected chi connectivity index (χ3v) is 1.07. The van der Waals surface area contributed by atoms with E-state index in [2.05, 4.69) is 0 Å². The largest absolute Gasteiger partial charge is 0.394 e. The fourth-order valence-corrected chi connectivity index (χ4v) is 0.416. The van der Waals surface area contributed by atoms with Crippen molar-refractivity contribution in [1.29, 1.82) is 0 Å². The molecule has 4 N–H and O–H groups in total. The summed E-state index contributed by atoms with van der Waals surface area (Å²) in [5.74, 6) is 0. The summed E-state index contributed by atoms with van der Waals surface area (Å²) in [4.78, 5) is 9.76. The molecule has 0 aliphatic heterocycles.